The van der Waals surface area contributed by atoms with Crippen molar-refractivity contribution in [3.63, 3.8) is 0 Å². The summed E-state index contributed by atoms with van der Waals surface area (Å²) in [6.45, 7) is 0.686. The molecule has 0 aromatic heterocycles. The third-order valence-electron chi connectivity index (χ3n) is 5.47. The zero-order valence-electron chi connectivity index (χ0n) is 16.1. The fourth-order valence-corrected chi connectivity index (χ4v) is 3.83. The summed E-state index contributed by atoms with van der Waals surface area (Å²) in [5.41, 5.74) is 1.90. The molecule has 2 aromatic carbocycles. The van der Waals surface area contributed by atoms with Gasteiger partial charge in [0.2, 0.25) is 5.82 Å². The Kier molecular flexibility index (Phi) is 6.63. The third kappa shape index (κ3) is 5.06. The average molecular weight is 394 g/mol. The van der Waals surface area contributed by atoms with Crippen LogP contribution in [0.3, 0.4) is 0 Å². The second-order valence-corrected chi connectivity index (χ2v) is 7.60. The summed E-state index contributed by atoms with van der Waals surface area (Å²) in [5.74, 6) is -5.40. The van der Waals surface area contributed by atoms with E-state index in [9.17, 15) is 17.6 Å². The number of ether oxygens (including phenoxy) is 1. The van der Waals surface area contributed by atoms with Gasteiger partial charge in [0.1, 0.15) is 0 Å². The lowest BCUT2D eigenvalue weighted by Crippen LogP contribution is -2.28. The Morgan fingerprint density at radius 2 is 1.61 bits per heavy atom. The first kappa shape index (κ1) is 20.7. The van der Waals surface area contributed by atoms with Crippen LogP contribution < -0.4 is 4.74 Å². The zero-order chi connectivity index (χ0) is 20.1. The van der Waals surface area contributed by atoms with Gasteiger partial charge in [-0.25, -0.2) is 13.2 Å². The molecule has 0 unspecified atom stereocenters. The molecule has 0 heterocycles. The number of benzene rings is 2. The van der Waals surface area contributed by atoms with E-state index >= 15 is 0 Å². The van der Waals surface area contributed by atoms with E-state index in [1.165, 1.54) is 37.0 Å². The van der Waals surface area contributed by atoms with Crippen LogP contribution >= 0.6 is 0 Å². The van der Waals surface area contributed by atoms with E-state index in [0.717, 1.165) is 12.8 Å². The molecule has 2 aromatic rings. The van der Waals surface area contributed by atoms with E-state index in [-0.39, 0.29) is 5.56 Å². The van der Waals surface area contributed by atoms with Gasteiger partial charge in [-0.15, -0.1) is 0 Å². The quantitative estimate of drug-likeness (QED) is 0.468. The number of halogens is 4. The minimum Gasteiger partial charge on any atom is -0.484 e. The first-order valence-corrected chi connectivity index (χ1v) is 9.96. The van der Waals surface area contributed by atoms with Crippen molar-refractivity contribution in [2.24, 2.45) is 0 Å². The van der Waals surface area contributed by atoms with Gasteiger partial charge in [-0.2, -0.15) is 4.39 Å². The lowest BCUT2D eigenvalue weighted by molar-refractivity contribution is -0.0410. The van der Waals surface area contributed by atoms with Crippen molar-refractivity contribution >= 4 is 0 Å². The van der Waals surface area contributed by atoms with Crippen LogP contribution in [0.15, 0.2) is 36.4 Å². The summed E-state index contributed by atoms with van der Waals surface area (Å²) >= 11 is 0. The van der Waals surface area contributed by atoms with Crippen molar-refractivity contribution in [3.05, 3.63) is 64.7 Å². The summed E-state index contributed by atoms with van der Waals surface area (Å²) in [6, 6.07) is 9.88. The van der Waals surface area contributed by atoms with Crippen LogP contribution in [0.1, 0.15) is 61.6 Å². The molecule has 1 saturated carbocycles. The van der Waals surface area contributed by atoms with Crippen molar-refractivity contribution in [3.8, 4) is 5.75 Å². The van der Waals surface area contributed by atoms with E-state index in [1.807, 2.05) is 12.1 Å². The van der Waals surface area contributed by atoms with Crippen LogP contribution in [0.25, 0.3) is 0 Å². The maximum Gasteiger partial charge on any atom is 0.285 e. The molecule has 3 rings (SSSR count). The molecular weight excluding hydrogens is 368 g/mol. The van der Waals surface area contributed by atoms with Gasteiger partial charge in [-0.1, -0.05) is 56.5 Å². The second-order valence-electron chi connectivity index (χ2n) is 7.60. The first-order chi connectivity index (χ1) is 13.4. The van der Waals surface area contributed by atoms with Crippen LogP contribution in [0.4, 0.5) is 17.6 Å². The third-order valence-corrected chi connectivity index (χ3v) is 5.47. The molecule has 1 aliphatic rings. The van der Waals surface area contributed by atoms with Crippen molar-refractivity contribution < 1.29 is 22.3 Å². The molecule has 0 bridgehead atoms. The Morgan fingerprint density at radius 1 is 0.929 bits per heavy atom. The summed E-state index contributed by atoms with van der Waals surface area (Å²) < 4.78 is 61.2. The van der Waals surface area contributed by atoms with Gasteiger partial charge in [0.05, 0.1) is 0 Å². The maximum absolute atomic E-state index is 14.3. The molecule has 0 spiro atoms. The first-order valence-electron chi connectivity index (χ1n) is 9.96. The van der Waals surface area contributed by atoms with Crippen molar-refractivity contribution in [2.45, 2.75) is 63.7 Å². The predicted molar refractivity (Wildman–Crippen MR) is 102 cm³/mol. The molecule has 0 N–H and O–H groups in total. The monoisotopic (exact) mass is 394 g/mol. The SMILES string of the molecule is CCc1ccc(OCC(F)(F)Cc2ccc(C3CCCCC3)cc2)c(F)c1F. The minimum absolute atomic E-state index is 0.190. The van der Waals surface area contributed by atoms with E-state index in [4.69, 9.17) is 4.74 Å². The predicted octanol–water partition coefficient (Wildman–Crippen LogP) is 6.83. The Hall–Kier alpha value is -2.04. The molecule has 152 valence electrons. The van der Waals surface area contributed by atoms with Crippen LogP contribution in [-0.4, -0.2) is 12.5 Å². The fourth-order valence-electron chi connectivity index (χ4n) is 3.83. The van der Waals surface area contributed by atoms with Crippen LogP contribution in [0.5, 0.6) is 5.75 Å². The van der Waals surface area contributed by atoms with Crippen LogP contribution in [0, 0.1) is 11.6 Å². The van der Waals surface area contributed by atoms with E-state index < -0.39 is 36.3 Å². The number of aryl methyl sites for hydroxylation is 1. The highest BCUT2D eigenvalue weighted by Gasteiger charge is 2.31. The zero-order valence-corrected chi connectivity index (χ0v) is 16.1. The summed E-state index contributed by atoms with van der Waals surface area (Å²) in [6.07, 6.45) is 5.83. The van der Waals surface area contributed by atoms with Crippen LogP contribution in [0.2, 0.25) is 0 Å². The summed E-state index contributed by atoms with van der Waals surface area (Å²) in [4.78, 5) is 0. The Balaban J connectivity index is 1.60. The fraction of sp³-hybridized carbons (Fsp3) is 0.478. The molecule has 5 heteroatoms. The van der Waals surface area contributed by atoms with Gasteiger partial charge in [-0.05, 0) is 47.9 Å². The Morgan fingerprint density at radius 3 is 2.25 bits per heavy atom. The van der Waals surface area contributed by atoms with Gasteiger partial charge < -0.3 is 4.74 Å². The number of hydrogen-bond acceptors (Lipinski definition) is 1. The maximum atomic E-state index is 14.3. The molecule has 0 radical (unpaired) electrons. The van der Waals surface area contributed by atoms with Crippen LogP contribution in [-0.2, 0) is 12.8 Å². The minimum atomic E-state index is -3.18. The van der Waals surface area contributed by atoms with Gasteiger partial charge in [-0.3, -0.25) is 0 Å². The normalized spacial score (nSPS) is 15.6. The van der Waals surface area contributed by atoms with Crippen molar-refractivity contribution in [2.75, 3.05) is 6.61 Å². The molecule has 0 saturated heterocycles. The molecule has 1 aliphatic carbocycles. The molecule has 1 fully saturated rings. The smallest absolute Gasteiger partial charge is 0.285 e. The molecule has 0 atom stereocenters. The molecular formula is C23H26F4O. The molecule has 1 nitrogen and oxygen atoms in total. The van der Waals surface area contributed by atoms with E-state index in [0.29, 0.717) is 17.9 Å². The standard InChI is InChI=1S/C23H26F4O/c1-2-17-12-13-20(22(25)21(17)24)28-15-23(26,27)14-16-8-10-19(11-9-16)18-6-4-3-5-7-18/h8-13,18H,2-7,14-15H2,1H3. The molecule has 28 heavy (non-hydrogen) atoms. The lowest BCUT2D eigenvalue weighted by Gasteiger charge is -2.22. The van der Waals surface area contributed by atoms with Gasteiger partial charge in [0, 0.05) is 6.42 Å². The molecule has 0 aliphatic heterocycles. The van der Waals surface area contributed by atoms with E-state index in [1.54, 1.807) is 19.1 Å². The average Bonchev–Trinajstić information content (AvgIpc) is 2.70. The second kappa shape index (κ2) is 8.97. The number of hydrogen-bond donors (Lipinski definition) is 0. The van der Waals surface area contributed by atoms with E-state index in [2.05, 4.69) is 0 Å². The highest BCUT2D eigenvalue weighted by Crippen LogP contribution is 2.33. The number of alkyl halides is 2. The Bertz CT molecular complexity index is 780. The number of rotatable bonds is 7. The van der Waals surface area contributed by atoms with Crippen molar-refractivity contribution in [1.82, 2.24) is 0 Å². The molecule has 0 amide bonds. The topological polar surface area (TPSA) is 9.23 Å². The van der Waals surface area contributed by atoms with Gasteiger partial charge in [0.15, 0.2) is 18.2 Å². The van der Waals surface area contributed by atoms with Gasteiger partial charge >= 0.3 is 0 Å². The largest absolute Gasteiger partial charge is 0.484 e. The Labute approximate surface area is 163 Å². The van der Waals surface area contributed by atoms with Gasteiger partial charge in [0.25, 0.3) is 5.92 Å². The highest BCUT2D eigenvalue weighted by molar-refractivity contribution is 5.31. The highest BCUT2D eigenvalue weighted by atomic mass is 19.3. The summed E-state index contributed by atoms with van der Waals surface area (Å²) in [7, 11) is 0. The van der Waals surface area contributed by atoms with Crippen molar-refractivity contribution in [1.29, 1.82) is 0 Å². The summed E-state index contributed by atoms with van der Waals surface area (Å²) in [5, 5.41) is 0. The lowest BCUT2D eigenvalue weighted by atomic mass is 9.84.